The summed E-state index contributed by atoms with van der Waals surface area (Å²) in [4.78, 5) is 20.2. The Bertz CT molecular complexity index is 301. The summed E-state index contributed by atoms with van der Waals surface area (Å²) in [6, 6.07) is 0. The minimum Gasteiger partial charge on any atom is -0.375 e. The molecule has 1 heterocycles. The molecule has 0 radical (unpaired) electrons. The first-order valence-electron chi connectivity index (χ1n) is 7.55. The quantitative estimate of drug-likeness (QED) is 0.569. The molecule has 0 bridgehead atoms. The molecule has 2 rings (SSSR count). The van der Waals surface area contributed by atoms with Gasteiger partial charge in [0.25, 0.3) is 0 Å². The number of rotatable bonds is 5. The van der Waals surface area contributed by atoms with Gasteiger partial charge in [-0.3, -0.25) is 4.89 Å². The van der Waals surface area contributed by atoms with Crippen LogP contribution in [0.15, 0.2) is 0 Å². The van der Waals surface area contributed by atoms with Gasteiger partial charge in [0.2, 0.25) is 0 Å². The zero-order valence-corrected chi connectivity index (χ0v) is 12.3. The van der Waals surface area contributed by atoms with E-state index in [9.17, 15) is 4.79 Å². The number of ether oxygens (including phenoxy) is 1. The zero-order chi connectivity index (χ0) is 13.8. The van der Waals surface area contributed by atoms with Gasteiger partial charge in [-0.2, -0.15) is 4.89 Å². The van der Waals surface area contributed by atoms with Gasteiger partial charge < -0.3 is 4.74 Å². The monoisotopic (exact) mass is 270 g/mol. The summed E-state index contributed by atoms with van der Waals surface area (Å²) in [7, 11) is 0. The Morgan fingerprint density at radius 3 is 2.63 bits per heavy atom. The molecular weight excluding hydrogens is 244 g/mol. The van der Waals surface area contributed by atoms with E-state index in [1.807, 2.05) is 0 Å². The summed E-state index contributed by atoms with van der Waals surface area (Å²) in [5, 5.41) is 0. The lowest BCUT2D eigenvalue weighted by atomic mass is 9.63. The Kier molecular flexibility index (Phi) is 5.22. The Hall–Kier alpha value is -0.610. The molecular formula is C15H26O4. The Balaban J connectivity index is 1.89. The Morgan fingerprint density at radius 1 is 1.37 bits per heavy atom. The van der Waals surface area contributed by atoms with E-state index < -0.39 is 5.97 Å². The number of hydrogen-bond donors (Lipinski definition) is 0. The fourth-order valence-corrected chi connectivity index (χ4v) is 3.60. The second kappa shape index (κ2) is 6.71. The highest BCUT2D eigenvalue weighted by atomic mass is 17.2. The fourth-order valence-electron chi connectivity index (χ4n) is 3.60. The van der Waals surface area contributed by atoms with Crippen LogP contribution in [-0.2, 0) is 19.3 Å². The van der Waals surface area contributed by atoms with E-state index in [4.69, 9.17) is 9.62 Å². The normalized spacial score (nSPS) is 35.7. The van der Waals surface area contributed by atoms with Crippen LogP contribution in [0.25, 0.3) is 0 Å². The van der Waals surface area contributed by atoms with E-state index in [0.717, 1.165) is 18.4 Å². The molecule has 1 aliphatic heterocycles. The van der Waals surface area contributed by atoms with Gasteiger partial charge in [0.1, 0.15) is 6.61 Å². The van der Waals surface area contributed by atoms with Crippen molar-refractivity contribution in [3.63, 3.8) is 0 Å². The molecule has 0 N–H and O–H groups in total. The average Bonchev–Trinajstić information content (AvgIpc) is 2.31. The van der Waals surface area contributed by atoms with Gasteiger partial charge in [-0.25, -0.2) is 4.79 Å². The summed E-state index contributed by atoms with van der Waals surface area (Å²) < 4.78 is 5.91. The third kappa shape index (κ3) is 3.48. The van der Waals surface area contributed by atoms with Crippen LogP contribution >= 0.6 is 0 Å². The van der Waals surface area contributed by atoms with E-state index in [2.05, 4.69) is 18.7 Å². The first kappa shape index (κ1) is 14.8. The maximum atomic E-state index is 10.7. The minimum absolute atomic E-state index is 0.0488. The van der Waals surface area contributed by atoms with Gasteiger partial charge in [0.05, 0.1) is 12.7 Å². The molecule has 2 fully saturated rings. The number of carbonyl (C=O) groups is 1. The van der Waals surface area contributed by atoms with Crippen LogP contribution in [-0.4, -0.2) is 25.3 Å². The topological polar surface area (TPSA) is 44.8 Å². The summed E-state index contributed by atoms with van der Waals surface area (Å²) in [5.41, 5.74) is 0. The van der Waals surface area contributed by atoms with Crippen LogP contribution in [0.1, 0.15) is 46.5 Å². The first-order chi connectivity index (χ1) is 9.13. The standard InChI is InChI=1S/C15H26O4/c1-4-12-8-17-14(9-18-19-11(3)16)10(2)15(12)13-6-5-7-13/h10,12-15H,4-9H2,1-3H3. The molecule has 4 heteroatoms. The van der Waals surface area contributed by atoms with Gasteiger partial charge in [-0.05, 0) is 23.7 Å². The van der Waals surface area contributed by atoms with E-state index in [-0.39, 0.29) is 6.10 Å². The lowest BCUT2D eigenvalue weighted by molar-refractivity contribution is -0.291. The molecule has 2 aliphatic rings. The van der Waals surface area contributed by atoms with Crippen molar-refractivity contribution >= 4 is 5.97 Å². The van der Waals surface area contributed by atoms with Gasteiger partial charge in [-0.15, -0.1) is 0 Å². The molecule has 0 aromatic carbocycles. The summed E-state index contributed by atoms with van der Waals surface area (Å²) in [5.74, 6) is 2.33. The predicted molar refractivity (Wildman–Crippen MR) is 71.2 cm³/mol. The van der Waals surface area contributed by atoms with Crippen molar-refractivity contribution in [1.29, 1.82) is 0 Å². The summed E-state index contributed by atoms with van der Waals surface area (Å²) >= 11 is 0. The van der Waals surface area contributed by atoms with E-state index in [0.29, 0.717) is 18.4 Å². The second-order valence-electron chi connectivity index (χ2n) is 6.03. The SMILES string of the molecule is CCC1COC(COOC(C)=O)C(C)C1C1CCC1. The fraction of sp³-hybridized carbons (Fsp3) is 0.933. The molecule has 0 aromatic heterocycles. The summed E-state index contributed by atoms with van der Waals surface area (Å²) in [6.07, 6.45) is 5.34. The van der Waals surface area contributed by atoms with Crippen molar-refractivity contribution in [2.45, 2.75) is 52.6 Å². The van der Waals surface area contributed by atoms with Crippen molar-refractivity contribution in [2.24, 2.45) is 23.7 Å². The smallest absolute Gasteiger partial charge is 0.339 e. The molecule has 1 saturated carbocycles. The van der Waals surface area contributed by atoms with Crippen LogP contribution in [0.4, 0.5) is 0 Å². The van der Waals surface area contributed by atoms with Crippen molar-refractivity contribution in [2.75, 3.05) is 13.2 Å². The van der Waals surface area contributed by atoms with Crippen molar-refractivity contribution < 1.29 is 19.3 Å². The minimum atomic E-state index is -0.412. The first-order valence-corrected chi connectivity index (χ1v) is 7.55. The Labute approximate surface area is 115 Å². The highest BCUT2D eigenvalue weighted by molar-refractivity contribution is 5.65. The maximum absolute atomic E-state index is 10.7. The molecule has 4 nitrogen and oxygen atoms in total. The Morgan fingerprint density at radius 2 is 2.11 bits per heavy atom. The molecule has 110 valence electrons. The average molecular weight is 270 g/mol. The van der Waals surface area contributed by atoms with Crippen molar-refractivity contribution in [3.05, 3.63) is 0 Å². The highest BCUT2D eigenvalue weighted by Crippen LogP contribution is 2.46. The zero-order valence-electron chi connectivity index (χ0n) is 12.3. The molecule has 1 saturated heterocycles. The number of carbonyl (C=O) groups excluding carboxylic acids is 1. The van der Waals surface area contributed by atoms with Crippen molar-refractivity contribution in [3.8, 4) is 0 Å². The maximum Gasteiger partial charge on any atom is 0.339 e. The van der Waals surface area contributed by atoms with Gasteiger partial charge in [0, 0.05) is 6.92 Å². The molecule has 0 aromatic rings. The third-order valence-corrected chi connectivity index (χ3v) is 4.89. The largest absolute Gasteiger partial charge is 0.375 e. The van der Waals surface area contributed by atoms with Gasteiger partial charge >= 0.3 is 5.97 Å². The predicted octanol–water partition coefficient (Wildman–Crippen LogP) is 2.96. The molecule has 4 unspecified atom stereocenters. The summed E-state index contributed by atoms with van der Waals surface area (Å²) in [6.45, 7) is 7.01. The van der Waals surface area contributed by atoms with E-state index >= 15 is 0 Å². The molecule has 0 amide bonds. The second-order valence-corrected chi connectivity index (χ2v) is 6.03. The van der Waals surface area contributed by atoms with Crippen LogP contribution in [0.2, 0.25) is 0 Å². The van der Waals surface area contributed by atoms with E-state index in [1.165, 1.54) is 32.6 Å². The third-order valence-electron chi connectivity index (χ3n) is 4.89. The molecule has 4 atom stereocenters. The van der Waals surface area contributed by atoms with Crippen LogP contribution in [0, 0.1) is 23.7 Å². The highest BCUT2D eigenvalue weighted by Gasteiger charge is 2.42. The lowest BCUT2D eigenvalue weighted by Crippen LogP contribution is -2.47. The lowest BCUT2D eigenvalue weighted by Gasteiger charge is -2.47. The van der Waals surface area contributed by atoms with Gasteiger partial charge in [0.15, 0.2) is 0 Å². The molecule has 1 aliphatic carbocycles. The van der Waals surface area contributed by atoms with E-state index in [1.54, 1.807) is 0 Å². The molecule has 0 spiro atoms. The van der Waals surface area contributed by atoms with Crippen molar-refractivity contribution in [1.82, 2.24) is 0 Å². The van der Waals surface area contributed by atoms with Crippen LogP contribution in [0.3, 0.4) is 0 Å². The van der Waals surface area contributed by atoms with Crippen LogP contribution < -0.4 is 0 Å². The van der Waals surface area contributed by atoms with Gasteiger partial charge in [-0.1, -0.05) is 39.5 Å². The number of hydrogen-bond acceptors (Lipinski definition) is 4. The van der Waals surface area contributed by atoms with Crippen LogP contribution in [0.5, 0.6) is 0 Å². The molecule has 19 heavy (non-hydrogen) atoms.